The van der Waals surface area contributed by atoms with Gasteiger partial charge in [-0.2, -0.15) is 0 Å². The van der Waals surface area contributed by atoms with Crippen LogP contribution in [0.2, 0.25) is 0 Å². The summed E-state index contributed by atoms with van der Waals surface area (Å²) in [5.41, 5.74) is 0.457. The van der Waals surface area contributed by atoms with Crippen molar-refractivity contribution in [1.82, 2.24) is 15.5 Å². The number of hydrogen-bond acceptors (Lipinski definition) is 3. The summed E-state index contributed by atoms with van der Waals surface area (Å²) in [6, 6.07) is 0.509. The predicted molar refractivity (Wildman–Crippen MR) is 112 cm³/mol. The standard InChI is InChI=1S/C18H36N4O.HI/c1-4-18(8-6-7-9-18)15-21-17(19-5-2)20-14-16(3)22-10-12-23-13-11-22;/h16H,4-15H2,1-3H3,(H2,19,20,21);1H. The molecule has 1 heterocycles. The Labute approximate surface area is 165 Å². The van der Waals surface area contributed by atoms with Gasteiger partial charge in [0.05, 0.1) is 13.2 Å². The fourth-order valence-corrected chi connectivity index (χ4v) is 3.73. The van der Waals surface area contributed by atoms with E-state index in [1.54, 1.807) is 0 Å². The van der Waals surface area contributed by atoms with E-state index in [-0.39, 0.29) is 24.0 Å². The van der Waals surface area contributed by atoms with E-state index in [9.17, 15) is 0 Å². The predicted octanol–water partition coefficient (Wildman–Crippen LogP) is 2.85. The van der Waals surface area contributed by atoms with Gasteiger partial charge in [0.15, 0.2) is 5.96 Å². The fraction of sp³-hybridized carbons (Fsp3) is 0.944. The van der Waals surface area contributed by atoms with Crippen LogP contribution in [0.5, 0.6) is 0 Å². The minimum Gasteiger partial charge on any atom is -0.379 e. The second kappa shape index (κ2) is 11.5. The van der Waals surface area contributed by atoms with Crippen molar-refractivity contribution in [3.63, 3.8) is 0 Å². The van der Waals surface area contributed by atoms with Crippen LogP contribution < -0.4 is 10.6 Å². The molecule has 1 aliphatic heterocycles. The zero-order valence-electron chi connectivity index (χ0n) is 15.8. The van der Waals surface area contributed by atoms with Crippen LogP contribution >= 0.6 is 24.0 Å². The molecule has 2 rings (SSSR count). The number of ether oxygens (including phenoxy) is 1. The van der Waals surface area contributed by atoms with Gasteiger partial charge >= 0.3 is 0 Å². The number of aliphatic imine (C=N–C) groups is 1. The molecule has 0 aromatic heterocycles. The van der Waals surface area contributed by atoms with Crippen molar-refractivity contribution in [3.8, 4) is 0 Å². The number of nitrogens with one attached hydrogen (secondary N) is 2. The van der Waals surface area contributed by atoms with Crippen molar-refractivity contribution < 1.29 is 4.74 Å². The van der Waals surface area contributed by atoms with Crippen molar-refractivity contribution in [1.29, 1.82) is 0 Å². The monoisotopic (exact) mass is 452 g/mol. The lowest BCUT2D eigenvalue weighted by atomic mass is 9.84. The Hall–Kier alpha value is -0.0800. The van der Waals surface area contributed by atoms with Crippen LogP contribution in [0.1, 0.15) is 52.9 Å². The zero-order valence-corrected chi connectivity index (χ0v) is 18.1. The van der Waals surface area contributed by atoms with Crippen LogP contribution in [0, 0.1) is 5.41 Å². The summed E-state index contributed by atoms with van der Waals surface area (Å²) in [6.45, 7) is 13.3. The van der Waals surface area contributed by atoms with Gasteiger partial charge in [0.25, 0.3) is 0 Å². The van der Waals surface area contributed by atoms with E-state index in [1.165, 1.54) is 32.1 Å². The molecule has 0 aromatic carbocycles. The lowest BCUT2D eigenvalue weighted by molar-refractivity contribution is 0.0211. The number of hydrogen-bond donors (Lipinski definition) is 2. The quantitative estimate of drug-likeness (QED) is 0.355. The molecule has 1 atom stereocenters. The highest BCUT2D eigenvalue weighted by Gasteiger charge is 2.31. The highest BCUT2D eigenvalue weighted by molar-refractivity contribution is 14.0. The highest BCUT2D eigenvalue weighted by atomic mass is 127. The first-order chi connectivity index (χ1) is 11.2. The molecule has 2 N–H and O–H groups in total. The second-order valence-corrected chi connectivity index (χ2v) is 7.13. The first kappa shape index (κ1) is 22.0. The summed E-state index contributed by atoms with van der Waals surface area (Å²) in [5.74, 6) is 0.979. The van der Waals surface area contributed by atoms with E-state index < -0.39 is 0 Å². The van der Waals surface area contributed by atoms with Crippen LogP contribution in [0.15, 0.2) is 4.99 Å². The Kier molecular flexibility index (Phi) is 10.5. The molecule has 0 bridgehead atoms. The molecule has 2 aliphatic rings. The molecule has 24 heavy (non-hydrogen) atoms. The van der Waals surface area contributed by atoms with Crippen molar-refractivity contribution in [2.45, 2.75) is 58.9 Å². The Balaban J connectivity index is 0.00000288. The van der Waals surface area contributed by atoms with E-state index in [0.717, 1.165) is 51.9 Å². The maximum atomic E-state index is 5.43. The fourth-order valence-electron chi connectivity index (χ4n) is 3.73. The molecule has 6 heteroatoms. The third kappa shape index (κ3) is 6.67. The largest absolute Gasteiger partial charge is 0.379 e. The van der Waals surface area contributed by atoms with Crippen LogP contribution in [0.25, 0.3) is 0 Å². The van der Waals surface area contributed by atoms with Crippen molar-refractivity contribution in [2.75, 3.05) is 45.9 Å². The van der Waals surface area contributed by atoms with Crippen molar-refractivity contribution >= 4 is 29.9 Å². The Morgan fingerprint density at radius 1 is 1.17 bits per heavy atom. The molecule has 142 valence electrons. The molecular formula is C18H37IN4O. The van der Waals surface area contributed by atoms with Crippen LogP contribution in [0.3, 0.4) is 0 Å². The minimum atomic E-state index is 0. The molecule has 1 aliphatic carbocycles. The van der Waals surface area contributed by atoms with Gasteiger partial charge in [0.2, 0.25) is 0 Å². The molecule has 5 nitrogen and oxygen atoms in total. The highest BCUT2D eigenvalue weighted by Crippen LogP contribution is 2.41. The molecule has 0 amide bonds. The minimum absolute atomic E-state index is 0. The Morgan fingerprint density at radius 3 is 2.42 bits per heavy atom. The topological polar surface area (TPSA) is 48.9 Å². The number of guanidine groups is 1. The second-order valence-electron chi connectivity index (χ2n) is 7.13. The van der Waals surface area contributed by atoms with Gasteiger partial charge in [0, 0.05) is 38.8 Å². The molecule has 1 saturated heterocycles. The van der Waals surface area contributed by atoms with Gasteiger partial charge in [-0.3, -0.25) is 9.89 Å². The van der Waals surface area contributed by atoms with E-state index in [4.69, 9.17) is 9.73 Å². The summed E-state index contributed by atoms with van der Waals surface area (Å²) in [4.78, 5) is 7.40. The lowest BCUT2D eigenvalue weighted by Crippen LogP contribution is -2.49. The smallest absolute Gasteiger partial charge is 0.191 e. The number of morpholine rings is 1. The summed E-state index contributed by atoms with van der Waals surface area (Å²) in [5, 5.41) is 6.94. The number of rotatable bonds is 7. The normalized spacial score (nSPS) is 22.7. The Bertz CT molecular complexity index is 366. The van der Waals surface area contributed by atoms with Crippen molar-refractivity contribution in [2.24, 2.45) is 10.4 Å². The summed E-state index contributed by atoms with van der Waals surface area (Å²) in [7, 11) is 0. The van der Waals surface area contributed by atoms with E-state index in [1.807, 2.05) is 0 Å². The SMILES string of the molecule is CCNC(=NCC1(CC)CCCC1)NCC(C)N1CCOCC1.I. The average molecular weight is 452 g/mol. The number of halogens is 1. The lowest BCUT2D eigenvalue weighted by Gasteiger charge is -2.32. The van der Waals surface area contributed by atoms with Gasteiger partial charge in [-0.15, -0.1) is 24.0 Å². The first-order valence-electron chi connectivity index (χ1n) is 9.53. The zero-order chi connectivity index (χ0) is 16.5. The summed E-state index contributed by atoms with van der Waals surface area (Å²) < 4.78 is 5.43. The third-order valence-electron chi connectivity index (χ3n) is 5.56. The molecule has 2 fully saturated rings. The molecule has 1 unspecified atom stereocenters. The van der Waals surface area contributed by atoms with Crippen LogP contribution in [0.4, 0.5) is 0 Å². The van der Waals surface area contributed by atoms with Gasteiger partial charge < -0.3 is 15.4 Å². The van der Waals surface area contributed by atoms with Gasteiger partial charge in [-0.05, 0) is 38.5 Å². The number of nitrogens with zero attached hydrogens (tertiary/aromatic N) is 2. The van der Waals surface area contributed by atoms with E-state index in [0.29, 0.717) is 11.5 Å². The van der Waals surface area contributed by atoms with Crippen LogP contribution in [-0.4, -0.2) is 62.8 Å². The first-order valence-corrected chi connectivity index (χ1v) is 9.53. The summed E-state index contributed by atoms with van der Waals surface area (Å²) in [6.07, 6.45) is 6.69. The van der Waals surface area contributed by atoms with E-state index >= 15 is 0 Å². The van der Waals surface area contributed by atoms with Gasteiger partial charge in [-0.1, -0.05) is 19.8 Å². The molecule has 0 aromatic rings. The van der Waals surface area contributed by atoms with Gasteiger partial charge in [-0.25, -0.2) is 0 Å². The molecule has 1 saturated carbocycles. The van der Waals surface area contributed by atoms with Gasteiger partial charge in [0.1, 0.15) is 0 Å². The van der Waals surface area contributed by atoms with Crippen molar-refractivity contribution in [3.05, 3.63) is 0 Å². The van der Waals surface area contributed by atoms with Crippen LogP contribution in [-0.2, 0) is 4.74 Å². The maximum absolute atomic E-state index is 5.43. The van der Waals surface area contributed by atoms with E-state index in [2.05, 4.69) is 36.3 Å². The average Bonchev–Trinajstić information content (AvgIpc) is 3.07. The Morgan fingerprint density at radius 2 is 1.83 bits per heavy atom. The molecule has 0 radical (unpaired) electrons. The molecule has 0 spiro atoms. The summed E-state index contributed by atoms with van der Waals surface area (Å²) >= 11 is 0. The molecular weight excluding hydrogens is 415 g/mol. The maximum Gasteiger partial charge on any atom is 0.191 e. The third-order valence-corrected chi connectivity index (χ3v) is 5.56.